The number of hydrogen-bond donors (Lipinski definition) is 2. The number of benzene rings is 1. The van der Waals surface area contributed by atoms with Crippen molar-refractivity contribution in [3.05, 3.63) is 78.7 Å². The maximum atomic E-state index is 13.0. The molecule has 0 bridgehead atoms. The van der Waals surface area contributed by atoms with Gasteiger partial charge in [0, 0.05) is 55.6 Å². The van der Waals surface area contributed by atoms with Gasteiger partial charge in [0.1, 0.15) is 22.9 Å². The number of methoxy groups -OCH3 is 1. The molecule has 1 aromatic carbocycles. The highest BCUT2D eigenvalue weighted by Crippen LogP contribution is 2.36. The number of anilines is 2. The van der Waals surface area contributed by atoms with E-state index < -0.39 is 0 Å². The van der Waals surface area contributed by atoms with Crippen molar-refractivity contribution in [1.82, 2.24) is 29.2 Å². The average molecular weight is 513 g/mol. The van der Waals surface area contributed by atoms with E-state index in [1.54, 1.807) is 56.1 Å². The summed E-state index contributed by atoms with van der Waals surface area (Å²) in [5.74, 6) is 0.883. The lowest BCUT2D eigenvalue weighted by atomic mass is 10.0. The highest BCUT2D eigenvalue weighted by Gasteiger charge is 2.31. The second-order valence-electron chi connectivity index (χ2n) is 8.85. The van der Waals surface area contributed by atoms with Crippen LogP contribution >= 0.6 is 0 Å². The Kier molecular flexibility index (Phi) is 7.36. The molecule has 38 heavy (non-hydrogen) atoms. The lowest BCUT2D eigenvalue weighted by molar-refractivity contribution is -0.130. The van der Waals surface area contributed by atoms with Gasteiger partial charge in [-0.25, -0.2) is 19.9 Å². The molecule has 0 aliphatic carbocycles. The molecule has 1 aliphatic heterocycles. The molecule has 0 saturated carbocycles. The highest BCUT2D eigenvalue weighted by molar-refractivity contribution is 6.03. The van der Waals surface area contributed by atoms with Gasteiger partial charge in [0.25, 0.3) is 5.91 Å². The number of hydrogen-bond acceptors (Lipinski definition) is 8. The van der Waals surface area contributed by atoms with E-state index in [9.17, 15) is 9.59 Å². The molecule has 4 aromatic rings. The third-order valence-electron chi connectivity index (χ3n) is 6.43. The van der Waals surface area contributed by atoms with Crippen LogP contribution in [-0.4, -0.2) is 61.3 Å². The zero-order chi connectivity index (χ0) is 26.5. The Morgan fingerprint density at radius 3 is 2.68 bits per heavy atom. The normalized spacial score (nSPS) is 15.7. The van der Waals surface area contributed by atoms with E-state index in [1.807, 2.05) is 27.6 Å². The molecule has 3 N–H and O–H groups in total. The second kappa shape index (κ2) is 11.2. The Bertz CT molecular complexity index is 1470. The number of rotatable bonds is 7. The number of nitrogens with one attached hydrogen (secondary N) is 1. The van der Waals surface area contributed by atoms with E-state index >= 15 is 0 Å². The monoisotopic (exact) mass is 512 g/mol. The molecule has 1 aliphatic rings. The molecular formula is C27H28N8O3. The van der Waals surface area contributed by atoms with Crippen LogP contribution in [0.15, 0.2) is 67.3 Å². The van der Waals surface area contributed by atoms with Gasteiger partial charge in [-0.15, -0.1) is 0 Å². The van der Waals surface area contributed by atoms with Gasteiger partial charge in [-0.05, 0) is 37.5 Å². The van der Waals surface area contributed by atoms with Crippen molar-refractivity contribution in [2.75, 3.05) is 31.3 Å². The van der Waals surface area contributed by atoms with Crippen LogP contribution in [-0.2, 0) is 9.53 Å². The number of aromatic nitrogens is 5. The first-order chi connectivity index (χ1) is 18.6. The van der Waals surface area contributed by atoms with E-state index in [-0.39, 0.29) is 23.8 Å². The van der Waals surface area contributed by atoms with Crippen LogP contribution in [0.4, 0.5) is 11.8 Å². The van der Waals surface area contributed by atoms with Gasteiger partial charge in [-0.2, -0.15) is 0 Å². The Morgan fingerprint density at radius 1 is 1.13 bits per heavy atom. The first kappa shape index (κ1) is 25.0. The fourth-order valence-corrected chi connectivity index (χ4v) is 4.64. The van der Waals surface area contributed by atoms with Crippen LogP contribution in [0.2, 0.25) is 0 Å². The summed E-state index contributed by atoms with van der Waals surface area (Å²) in [6.45, 7) is 1.01. The first-order valence-electron chi connectivity index (χ1n) is 12.3. The number of likely N-dealkylation sites (tertiary alicyclic amines) is 1. The van der Waals surface area contributed by atoms with Gasteiger partial charge >= 0.3 is 0 Å². The summed E-state index contributed by atoms with van der Waals surface area (Å²) < 4.78 is 6.96. The minimum absolute atomic E-state index is 0.0789. The summed E-state index contributed by atoms with van der Waals surface area (Å²) in [6, 6.07) is 8.51. The van der Waals surface area contributed by atoms with Crippen molar-refractivity contribution in [3.8, 4) is 11.3 Å². The topological polar surface area (TPSA) is 141 Å². The summed E-state index contributed by atoms with van der Waals surface area (Å²) in [7, 11) is 1.59. The molecule has 11 nitrogen and oxygen atoms in total. The number of carbonyl (C=O) groups excluding carboxylic acids is 2. The molecule has 1 unspecified atom stereocenters. The fraction of sp³-hybridized carbons (Fsp3) is 0.259. The molecule has 1 atom stereocenters. The molecule has 1 fully saturated rings. The van der Waals surface area contributed by atoms with Gasteiger partial charge in [-0.3, -0.25) is 19.3 Å². The highest BCUT2D eigenvalue weighted by atomic mass is 16.5. The SMILES string of the molecule is COCC=CC(=O)N1CCCCC1c1nc(-c2ccc(C(=O)Nc3ncccn3)cc2)c2c(N)nccn12. The standard InChI is InChI=1S/C27H28N8O3/c1-38-17-4-7-21(36)34-15-3-2-6-20(34)25-32-22(23-24(28)29-14-16-35(23)25)18-8-10-19(11-9-18)26(37)33-27-30-12-5-13-31-27/h4-5,7-14,16,20H,2-3,6,15,17H2,1H3,(H2,28,29)(H,30,31,33,37). The van der Waals surface area contributed by atoms with Gasteiger partial charge < -0.3 is 15.4 Å². The molecular weight excluding hydrogens is 484 g/mol. The number of imidazole rings is 1. The van der Waals surface area contributed by atoms with Gasteiger partial charge in [0.05, 0.1) is 12.6 Å². The predicted octanol–water partition coefficient (Wildman–Crippen LogP) is 3.28. The average Bonchev–Trinajstić information content (AvgIpc) is 3.34. The first-order valence-corrected chi connectivity index (χ1v) is 12.3. The summed E-state index contributed by atoms with van der Waals surface area (Å²) in [5.41, 5.74) is 8.83. The minimum atomic E-state index is -0.322. The van der Waals surface area contributed by atoms with Crippen molar-refractivity contribution in [3.63, 3.8) is 0 Å². The number of ether oxygens (including phenoxy) is 1. The summed E-state index contributed by atoms with van der Waals surface area (Å²) in [4.78, 5) is 44.9. The number of piperidine rings is 1. The fourth-order valence-electron chi connectivity index (χ4n) is 4.64. The maximum absolute atomic E-state index is 13.0. The Labute approximate surface area is 219 Å². The third kappa shape index (κ3) is 5.09. The lowest BCUT2D eigenvalue weighted by Crippen LogP contribution is -2.38. The van der Waals surface area contributed by atoms with Gasteiger partial charge in [0.2, 0.25) is 11.9 Å². The quantitative estimate of drug-likeness (QED) is 0.360. The van der Waals surface area contributed by atoms with Crippen LogP contribution in [0.3, 0.4) is 0 Å². The minimum Gasteiger partial charge on any atom is -0.382 e. The second-order valence-corrected chi connectivity index (χ2v) is 8.85. The van der Waals surface area contributed by atoms with Crippen molar-refractivity contribution in [1.29, 1.82) is 0 Å². The van der Waals surface area contributed by atoms with Gasteiger partial charge in [0.15, 0.2) is 0 Å². The van der Waals surface area contributed by atoms with Crippen LogP contribution in [0, 0.1) is 0 Å². The molecule has 2 amide bonds. The number of nitrogens with two attached hydrogens (primary N) is 1. The number of amides is 2. The molecule has 0 spiro atoms. The summed E-state index contributed by atoms with van der Waals surface area (Å²) in [6.07, 6.45) is 12.5. The Hall–Kier alpha value is -4.64. The number of nitrogen functional groups attached to an aromatic ring is 1. The van der Waals surface area contributed by atoms with Gasteiger partial charge in [-0.1, -0.05) is 18.2 Å². The number of carbonyl (C=O) groups is 2. The zero-order valence-corrected chi connectivity index (χ0v) is 20.9. The molecule has 4 heterocycles. The van der Waals surface area contributed by atoms with Crippen molar-refractivity contribution >= 4 is 29.1 Å². The third-order valence-corrected chi connectivity index (χ3v) is 6.43. The van der Waals surface area contributed by atoms with Crippen molar-refractivity contribution < 1.29 is 14.3 Å². The molecule has 194 valence electrons. The Balaban J connectivity index is 1.48. The largest absolute Gasteiger partial charge is 0.382 e. The number of fused-ring (bicyclic) bond motifs is 1. The lowest BCUT2D eigenvalue weighted by Gasteiger charge is -2.34. The van der Waals surface area contributed by atoms with Crippen molar-refractivity contribution in [2.45, 2.75) is 25.3 Å². The van der Waals surface area contributed by atoms with E-state index in [2.05, 4.69) is 20.3 Å². The molecule has 3 aromatic heterocycles. The van der Waals surface area contributed by atoms with E-state index in [1.165, 1.54) is 0 Å². The van der Waals surface area contributed by atoms with Crippen molar-refractivity contribution in [2.24, 2.45) is 0 Å². The predicted molar refractivity (Wildman–Crippen MR) is 142 cm³/mol. The zero-order valence-electron chi connectivity index (χ0n) is 20.9. The Morgan fingerprint density at radius 2 is 1.92 bits per heavy atom. The van der Waals surface area contributed by atoms with E-state index in [0.29, 0.717) is 35.7 Å². The summed E-state index contributed by atoms with van der Waals surface area (Å²) >= 11 is 0. The molecule has 0 radical (unpaired) electrons. The van der Waals surface area contributed by atoms with E-state index in [4.69, 9.17) is 15.5 Å². The van der Waals surface area contributed by atoms with Crippen LogP contribution in [0.5, 0.6) is 0 Å². The smallest absolute Gasteiger partial charge is 0.258 e. The molecule has 5 rings (SSSR count). The van der Waals surface area contributed by atoms with Crippen LogP contribution in [0.25, 0.3) is 16.8 Å². The maximum Gasteiger partial charge on any atom is 0.258 e. The van der Waals surface area contributed by atoms with Crippen LogP contribution < -0.4 is 11.1 Å². The molecule has 1 saturated heterocycles. The van der Waals surface area contributed by atoms with Crippen LogP contribution in [0.1, 0.15) is 41.5 Å². The molecule has 11 heteroatoms. The van der Waals surface area contributed by atoms with E-state index in [0.717, 1.165) is 30.7 Å². The summed E-state index contributed by atoms with van der Waals surface area (Å²) in [5, 5.41) is 2.68. The number of nitrogens with zero attached hydrogens (tertiary/aromatic N) is 6.